The predicted molar refractivity (Wildman–Crippen MR) is 53.3 cm³/mol. The second-order valence-electron chi connectivity index (χ2n) is 3.82. The van der Waals surface area contributed by atoms with Crippen LogP contribution in [0.5, 0.6) is 0 Å². The first kappa shape index (κ1) is 8.26. The van der Waals surface area contributed by atoms with E-state index in [4.69, 9.17) is 5.73 Å². The van der Waals surface area contributed by atoms with Crippen LogP contribution in [0.1, 0.15) is 19.4 Å². The van der Waals surface area contributed by atoms with Crippen LogP contribution < -0.4 is 5.73 Å². The molecule has 0 unspecified atom stereocenters. The monoisotopic (exact) mass is 175 g/mol. The normalized spacial score (nSPS) is 12.2. The standard InChI is InChI=1S/C10H13N3/c1-10(2,11)8-4-6-13-9-7(8)3-5-12-9/h3-6H,11H2,1-2H3,(H,12,13). The Morgan fingerprint density at radius 1 is 1.38 bits per heavy atom. The van der Waals surface area contributed by atoms with Crippen molar-refractivity contribution in [1.29, 1.82) is 0 Å². The van der Waals surface area contributed by atoms with Gasteiger partial charge < -0.3 is 10.7 Å². The van der Waals surface area contributed by atoms with Gasteiger partial charge in [-0.1, -0.05) is 0 Å². The zero-order chi connectivity index (χ0) is 9.47. The highest BCUT2D eigenvalue weighted by atomic mass is 14.8. The van der Waals surface area contributed by atoms with E-state index in [0.717, 1.165) is 16.6 Å². The van der Waals surface area contributed by atoms with Gasteiger partial charge in [-0.25, -0.2) is 4.98 Å². The summed E-state index contributed by atoms with van der Waals surface area (Å²) in [4.78, 5) is 7.27. The molecule has 0 amide bonds. The average Bonchev–Trinajstić information content (AvgIpc) is 2.48. The van der Waals surface area contributed by atoms with E-state index in [1.165, 1.54) is 0 Å². The van der Waals surface area contributed by atoms with Crippen LogP contribution in [0.15, 0.2) is 24.5 Å². The van der Waals surface area contributed by atoms with Crippen molar-refractivity contribution in [2.24, 2.45) is 5.73 Å². The van der Waals surface area contributed by atoms with E-state index in [9.17, 15) is 0 Å². The minimum atomic E-state index is -0.316. The summed E-state index contributed by atoms with van der Waals surface area (Å²) < 4.78 is 0. The Hall–Kier alpha value is -1.35. The Morgan fingerprint density at radius 3 is 2.85 bits per heavy atom. The van der Waals surface area contributed by atoms with Gasteiger partial charge in [-0.15, -0.1) is 0 Å². The number of aromatic amines is 1. The van der Waals surface area contributed by atoms with E-state index in [0.29, 0.717) is 0 Å². The third kappa shape index (κ3) is 1.31. The van der Waals surface area contributed by atoms with Crippen LogP contribution in [0, 0.1) is 0 Å². The molecular formula is C10H13N3. The van der Waals surface area contributed by atoms with Crippen LogP contribution in [-0.2, 0) is 5.54 Å². The second-order valence-corrected chi connectivity index (χ2v) is 3.82. The van der Waals surface area contributed by atoms with Crippen LogP contribution in [0.3, 0.4) is 0 Å². The lowest BCUT2D eigenvalue weighted by Crippen LogP contribution is -2.28. The number of fused-ring (bicyclic) bond motifs is 1. The van der Waals surface area contributed by atoms with Crippen molar-refractivity contribution >= 4 is 11.0 Å². The van der Waals surface area contributed by atoms with Gasteiger partial charge >= 0.3 is 0 Å². The molecule has 3 heteroatoms. The largest absolute Gasteiger partial charge is 0.346 e. The molecule has 0 aromatic carbocycles. The summed E-state index contributed by atoms with van der Waals surface area (Å²) in [6.07, 6.45) is 3.66. The zero-order valence-corrected chi connectivity index (χ0v) is 7.83. The van der Waals surface area contributed by atoms with Crippen molar-refractivity contribution in [3.8, 4) is 0 Å². The third-order valence-corrected chi connectivity index (χ3v) is 2.15. The number of rotatable bonds is 1. The Balaban J connectivity index is 2.75. The van der Waals surface area contributed by atoms with Crippen molar-refractivity contribution in [1.82, 2.24) is 9.97 Å². The lowest BCUT2D eigenvalue weighted by atomic mass is 9.94. The Bertz CT molecular complexity index is 423. The number of hydrogen-bond donors (Lipinski definition) is 2. The summed E-state index contributed by atoms with van der Waals surface area (Å²) in [6.45, 7) is 3.99. The molecule has 2 aromatic rings. The molecular weight excluding hydrogens is 162 g/mol. The maximum atomic E-state index is 6.04. The molecule has 0 atom stereocenters. The quantitative estimate of drug-likeness (QED) is 0.693. The van der Waals surface area contributed by atoms with E-state index in [2.05, 4.69) is 9.97 Å². The summed E-state index contributed by atoms with van der Waals surface area (Å²) in [6, 6.07) is 3.97. The number of nitrogens with zero attached hydrogens (tertiary/aromatic N) is 1. The second kappa shape index (κ2) is 2.57. The first-order valence-corrected chi connectivity index (χ1v) is 4.30. The lowest BCUT2D eigenvalue weighted by molar-refractivity contribution is 0.559. The minimum absolute atomic E-state index is 0.316. The number of H-pyrrole nitrogens is 1. The van der Waals surface area contributed by atoms with Gasteiger partial charge in [0, 0.05) is 23.3 Å². The van der Waals surface area contributed by atoms with Crippen molar-refractivity contribution in [3.05, 3.63) is 30.1 Å². The fraction of sp³-hybridized carbons (Fsp3) is 0.300. The molecule has 0 spiro atoms. The molecule has 0 aliphatic carbocycles. The first-order chi connectivity index (χ1) is 6.09. The fourth-order valence-corrected chi connectivity index (χ4v) is 1.52. The highest BCUT2D eigenvalue weighted by Gasteiger charge is 2.17. The van der Waals surface area contributed by atoms with Crippen molar-refractivity contribution in [3.63, 3.8) is 0 Å². The summed E-state index contributed by atoms with van der Waals surface area (Å²) in [5.74, 6) is 0. The molecule has 0 saturated heterocycles. The van der Waals surface area contributed by atoms with Crippen molar-refractivity contribution < 1.29 is 0 Å². The highest BCUT2D eigenvalue weighted by Crippen LogP contribution is 2.24. The fourth-order valence-electron chi connectivity index (χ4n) is 1.52. The van der Waals surface area contributed by atoms with E-state index in [1.807, 2.05) is 32.2 Å². The summed E-state index contributed by atoms with van der Waals surface area (Å²) in [5.41, 5.74) is 7.75. The molecule has 0 aliphatic heterocycles. The van der Waals surface area contributed by atoms with Gasteiger partial charge in [0.1, 0.15) is 5.65 Å². The molecule has 0 bridgehead atoms. The number of nitrogens with one attached hydrogen (secondary N) is 1. The number of hydrogen-bond acceptors (Lipinski definition) is 2. The van der Waals surface area contributed by atoms with E-state index < -0.39 is 0 Å². The van der Waals surface area contributed by atoms with Gasteiger partial charge in [0.05, 0.1) is 0 Å². The van der Waals surface area contributed by atoms with Crippen molar-refractivity contribution in [2.75, 3.05) is 0 Å². The number of pyridine rings is 1. The maximum absolute atomic E-state index is 6.04. The van der Waals surface area contributed by atoms with Gasteiger partial charge in [0.2, 0.25) is 0 Å². The minimum Gasteiger partial charge on any atom is -0.346 e. The molecule has 13 heavy (non-hydrogen) atoms. The Labute approximate surface area is 77.0 Å². The molecule has 0 saturated carbocycles. The number of nitrogens with two attached hydrogens (primary N) is 1. The molecule has 2 aromatic heterocycles. The van der Waals surface area contributed by atoms with Crippen LogP contribution in [0.4, 0.5) is 0 Å². The van der Waals surface area contributed by atoms with Gasteiger partial charge in [0.25, 0.3) is 0 Å². The SMILES string of the molecule is CC(C)(N)c1ccnc2[nH]ccc12. The number of aromatic nitrogens is 2. The molecule has 0 fully saturated rings. The van der Waals surface area contributed by atoms with Crippen LogP contribution in [0.25, 0.3) is 11.0 Å². The van der Waals surface area contributed by atoms with Crippen LogP contribution in [0.2, 0.25) is 0 Å². The lowest BCUT2D eigenvalue weighted by Gasteiger charge is -2.19. The topological polar surface area (TPSA) is 54.7 Å². The zero-order valence-electron chi connectivity index (χ0n) is 7.83. The van der Waals surface area contributed by atoms with E-state index >= 15 is 0 Å². The summed E-state index contributed by atoms with van der Waals surface area (Å²) >= 11 is 0. The van der Waals surface area contributed by atoms with E-state index in [-0.39, 0.29) is 5.54 Å². The molecule has 2 heterocycles. The van der Waals surface area contributed by atoms with Gasteiger partial charge in [-0.3, -0.25) is 0 Å². The van der Waals surface area contributed by atoms with Gasteiger partial charge in [0.15, 0.2) is 0 Å². The summed E-state index contributed by atoms with van der Waals surface area (Å²) in [5, 5.41) is 1.11. The average molecular weight is 175 g/mol. The highest BCUT2D eigenvalue weighted by molar-refractivity contribution is 5.80. The Morgan fingerprint density at radius 2 is 2.15 bits per heavy atom. The maximum Gasteiger partial charge on any atom is 0.137 e. The molecule has 3 N–H and O–H groups in total. The molecule has 2 rings (SSSR count). The van der Waals surface area contributed by atoms with Crippen LogP contribution in [-0.4, -0.2) is 9.97 Å². The molecule has 68 valence electrons. The predicted octanol–water partition coefficient (Wildman–Crippen LogP) is 1.76. The van der Waals surface area contributed by atoms with Crippen molar-refractivity contribution in [2.45, 2.75) is 19.4 Å². The molecule has 0 radical (unpaired) electrons. The summed E-state index contributed by atoms with van der Waals surface area (Å²) in [7, 11) is 0. The molecule has 0 aliphatic rings. The Kier molecular flexibility index (Phi) is 1.63. The van der Waals surface area contributed by atoms with Gasteiger partial charge in [-0.05, 0) is 31.5 Å². The van der Waals surface area contributed by atoms with Crippen LogP contribution >= 0.6 is 0 Å². The smallest absolute Gasteiger partial charge is 0.137 e. The third-order valence-electron chi connectivity index (χ3n) is 2.15. The van der Waals surface area contributed by atoms with E-state index in [1.54, 1.807) is 6.20 Å². The van der Waals surface area contributed by atoms with Gasteiger partial charge in [-0.2, -0.15) is 0 Å². The first-order valence-electron chi connectivity index (χ1n) is 4.30. The molecule has 3 nitrogen and oxygen atoms in total.